The van der Waals surface area contributed by atoms with Crippen LogP contribution in [0.3, 0.4) is 0 Å². The molecule has 0 aliphatic rings. The first-order valence-electron chi connectivity index (χ1n) is 6.53. The highest BCUT2D eigenvalue weighted by molar-refractivity contribution is 5.58. The minimum absolute atomic E-state index is 0.529. The van der Waals surface area contributed by atoms with E-state index in [2.05, 4.69) is 30.0 Å². The molecule has 0 saturated heterocycles. The van der Waals surface area contributed by atoms with Crippen LogP contribution in [0.15, 0.2) is 18.2 Å². The molecular weight excluding hydrogens is 238 g/mol. The molecular formula is C15H23N3O. The first kappa shape index (κ1) is 15.5. The zero-order valence-electron chi connectivity index (χ0n) is 12.2. The minimum atomic E-state index is -0.529. The van der Waals surface area contributed by atoms with Gasteiger partial charge in [-0.1, -0.05) is 6.07 Å². The van der Waals surface area contributed by atoms with Crippen LogP contribution in [-0.4, -0.2) is 44.2 Å². The lowest BCUT2D eigenvalue weighted by Gasteiger charge is -2.24. The maximum atomic E-state index is 9.81. The van der Waals surface area contributed by atoms with Gasteiger partial charge < -0.3 is 14.9 Å². The zero-order chi connectivity index (χ0) is 14.4. The molecule has 1 aromatic rings. The summed E-state index contributed by atoms with van der Waals surface area (Å²) in [5.74, 6) is 0. The fourth-order valence-corrected chi connectivity index (χ4v) is 2.04. The lowest BCUT2D eigenvalue weighted by molar-refractivity contribution is 0.199. The van der Waals surface area contributed by atoms with E-state index in [1.807, 2.05) is 19.2 Å². The Labute approximate surface area is 115 Å². The van der Waals surface area contributed by atoms with Crippen molar-refractivity contribution >= 4 is 5.69 Å². The summed E-state index contributed by atoms with van der Waals surface area (Å²) in [6, 6.07) is 7.57. The summed E-state index contributed by atoms with van der Waals surface area (Å²) in [7, 11) is 6.10. The Morgan fingerprint density at radius 1 is 1.26 bits per heavy atom. The zero-order valence-corrected chi connectivity index (χ0v) is 12.2. The van der Waals surface area contributed by atoms with Gasteiger partial charge in [-0.15, -0.1) is 0 Å². The van der Waals surface area contributed by atoms with Gasteiger partial charge in [-0.25, -0.2) is 0 Å². The van der Waals surface area contributed by atoms with Crippen LogP contribution < -0.4 is 4.90 Å². The Bertz CT molecular complexity index is 449. The summed E-state index contributed by atoms with van der Waals surface area (Å²) in [5, 5.41) is 18.8. The van der Waals surface area contributed by atoms with Gasteiger partial charge in [0.05, 0.1) is 17.7 Å². The molecule has 0 bridgehead atoms. The molecule has 0 spiro atoms. The van der Waals surface area contributed by atoms with Crippen molar-refractivity contribution in [3.05, 3.63) is 29.3 Å². The number of hydrogen-bond donors (Lipinski definition) is 1. The second kappa shape index (κ2) is 7.13. The van der Waals surface area contributed by atoms with Crippen LogP contribution in [-0.2, 0) is 0 Å². The standard InChI is InChI=1S/C15H23N3O/c1-12(19)14-7-6-13(11-16)10-15(14)18(4)9-5-8-17(2)3/h6-7,10,12,19H,5,8-9H2,1-4H3/t12-/m1/s1. The number of rotatable bonds is 6. The van der Waals surface area contributed by atoms with E-state index in [0.717, 1.165) is 30.8 Å². The van der Waals surface area contributed by atoms with Gasteiger partial charge in [-0.3, -0.25) is 0 Å². The van der Waals surface area contributed by atoms with Crippen LogP contribution in [0.1, 0.15) is 30.6 Å². The van der Waals surface area contributed by atoms with Gasteiger partial charge in [0.15, 0.2) is 0 Å². The maximum Gasteiger partial charge on any atom is 0.0992 e. The van der Waals surface area contributed by atoms with Gasteiger partial charge in [-0.2, -0.15) is 5.26 Å². The topological polar surface area (TPSA) is 50.5 Å². The molecule has 4 heteroatoms. The fraction of sp³-hybridized carbons (Fsp3) is 0.533. The summed E-state index contributed by atoms with van der Waals surface area (Å²) in [6.07, 6.45) is 0.513. The molecule has 0 aliphatic carbocycles. The second-order valence-electron chi connectivity index (χ2n) is 5.14. The molecule has 0 radical (unpaired) electrons. The third kappa shape index (κ3) is 4.55. The largest absolute Gasteiger partial charge is 0.389 e. The smallest absolute Gasteiger partial charge is 0.0992 e. The quantitative estimate of drug-likeness (QED) is 0.851. The van der Waals surface area contributed by atoms with E-state index in [0.29, 0.717) is 5.56 Å². The van der Waals surface area contributed by atoms with Gasteiger partial charge in [0.2, 0.25) is 0 Å². The Kier molecular flexibility index (Phi) is 5.81. The first-order valence-corrected chi connectivity index (χ1v) is 6.53. The number of anilines is 1. The summed E-state index contributed by atoms with van der Waals surface area (Å²) < 4.78 is 0. The average molecular weight is 261 g/mol. The van der Waals surface area contributed by atoms with Crippen molar-refractivity contribution in [2.75, 3.05) is 39.1 Å². The predicted octanol–water partition coefficient (Wildman–Crippen LogP) is 2.00. The average Bonchev–Trinajstić information content (AvgIpc) is 2.37. The lowest BCUT2D eigenvalue weighted by Crippen LogP contribution is -2.24. The Morgan fingerprint density at radius 3 is 2.47 bits per heavy atom. The van der Waals surface area contributed by atoms with E-state index in [1.54, 1.807) is 13.0 Å². The van der Waals surface area contributed by atoms with Gasteiger partial charge in [0.25, 0.3) is 0 Å². The van der Waals surface area contributed by atoms with Gasteiger partial charge in [-0.05, 0) is 46.1 Å². The number of benzene rings is 1. The van der Waals surface area contributed by atoms with Crippen molar-refractivity contribution in [3.63, 3.8) is 0 Å². The summed E-state index contributed by atoms with van der Waals surface area (Å²) in [4.78, 5) is 4.25. The number of hydrogen-bond acceptors (Lipinski definition) is 4. The summed E-state index contributed by atoms with van der Waals surface area (Å²) >= 11 is 0. The van der Waals surface area contributed by atoms with E-state index in [-0.39, 0.29) is 0 Å². The Hall–Kier alpha value is -1.57. The molecule has 1 atom stereocenters. The number of nitriles is 1. The van der Waals surface area contributed by atoms with Crippen molar-refractivity contribution < 1.29 is 5.11 Å². The van der Waals surface area contributed by atoms with Gasteiger partial charge in [0, 0.05) is 24.8 Å². The maximum absolute atomic E-state index is 9.81. The molecule has 0 fully saturated rings. The van der Waals surface area contributed by atoms with Crippen LogP contribution in [0.2, 0.25) is 0 Å². The molecule has 1 N–H and O–H groups in total. The van der Waals surface area contributed by atoms with E-state index >= 15 is 0 Å². The number of aliphatic hydroxyl groups excluding tert-OH is 1. The highest BCUT2D eigenvalue weighted by Crippen LogP contribution is 2.27. The molecule has 0 amide bonds. The first-order chi connectivity index (χ1) is 8.95. The van der Waals surface area contributed by atoms with Crippen molar-refractivity contribution in [1.82, 2.24) is 4.90 Å². The molecule has 0 unspecified atom stereocenters. The molecule has 0 aromatic heterocycles. The molecule has 4 nitrogen and oxygen atoms in total. The summed E-state index contributed by atoms with van der Waals surface area (Å²) in [5.41, 5.74) is 2.43. The van der Waals surface area contributed by atoms with Crippen molar-refractivity contribution in [2.45, 2.75) is 19.4 Å². The Morgan fingerprint density at radius 2 is 1.95 bits per heavy atom. The van der Waals surface area contributed by atoms with Gasteiger partial charge in [0.1, 0.15) is 0 Å². The highest BCUT2D eigenvalue weighted by Gasteiger charge is 2.12. The molecule has 1 aromatic carbocycles. The van der Waals surface area contributed by atoms with Crippen LogP contribution in [0.5, 0.6) is 0 Å². The molecule has 0 aliphatic heterocycles. The highest BCUT2D eigenvalue weighted by atomic mass is 16.3. The predicted molar refractivity (Wildman–Crippen MR) is 78.2 cm³/mol. The van der Waals surface area contributed by atoms with Gasteiger partial charge >= 0.3 is 0 Å². The van der Waals surface area contributed by atoms with E-state index < -0.39 is 6.10 Å². The van der Waals surface area contributed by atoms with Crippen LogP contribution >= 0.6 is 0 Å². The third-order valence-corrected chi connectivity index (χ3v) is 3.12. The van der Waals surface area contributed by atoms with Crippen LogP contribution in [0, 0.1) is 11.3 Å². The van der Waals surface area contributed by atoms with E-state index in [1.165, 1.54) is 0 Å². The molecule has 104 valence electrons. The number of nitrogens with zero attached hydrogens (tertiary/aromatic N) is 3. The fourth-order valence-electron chi connectivity index (χ4n) is 2.04. The normalized spacial score (nSPS) is 12.3. The second-order valence-corrected chi connectivity index (χ2v) is 5.14. The molecule has 1 rings (SSSR count). The molecule has 0 heterocycles. The van der Waals surface area contributed by atoms with Crippen LogP contribution in [0.4, 0.5) is 5.69 Å². The third-order valence-electron chi connectivity index (χ3n) is 3.12. The SMILES string of the molecule is C[C@@H](O)c1ccc(C#N)cc1N(C)CCCN(C)C. The van der Waals surface area contributed by atoms with E-state index in [9.17, 15) is 5.11 Å². The minimum Gasteiger partial charge on any atom is -0.389 e. The van der Waals surface area contributed by atoms with Crippen molar-refractivity contribution in [1.29, 1.82) is 5.26 Å². The lowest BCUT2D eigenvalue weighted by atomic mass is 10.0. The van der Waals surface area contributed by atoms with E-state index in [4.69, 9.17) is 5.26 Å². The monoisotopic (exact) mass is 261 g/mol. The Balaban J connectivity index is 2.87. The summed E-state index contributed by atoms with van der Waals surface area (Å²) in [6.45, 7) is 3.66. The molecule has 19 heavy (non-hydrogen) atoms. The van der Waals surface area contributed by atoms with Crippen molar-refractivity contribution in [2.24, 2.45) is 0 Å². The molecule has 0 saturated carbocycles. The number of aliphatic hydroxyl groups is 1. The van der Waals surface area contributed by atoms with Crippen molar-refractivity contribution in [3.8, 4) is 6.07 Å². The van der Waals surface area contributed by atoms with Crippen LogP contribution in [0.25, 0.3) is 0 Å².